The Hall–Kier alpha value is -2.15. The van der Waals surface area contributed by atoms with Crippen LogP contribution in [0.1, 0.15) is 51.0 Å². The zero-order chi connectivity index (χ0) is 21.4. The number of rotatable bonds is 6. The van der Waals surface area contributed by atoms with Gasteiger partial charge in [0.05, 0.1) is 13.2 Å². The lowest BCUT2D eigenvalue weighted by molar-refractivity contribution is -0.148. The molecule has 2 heterocycles. The van der Waals surface area contributed by atoms with Gasteiger partial charge in [-0.05, 0) is 74.8 Å². The molecular formula is C24H34N4O3. The van der Waals surface area contributed by atoms with Gasteiger partial charge in [-0.15, -0.1) is 0 Å². The van der Waals surface area contributed by atoms with Crippen molar-refractivity contribution >= 4 is 17.6 Å². The molecule has 4 saturated carbocycles. The van der Waals surface area contributed by atoms with Gasteiger partial charge in [-0.25, -0.2) is 4.98 Å². The number of pyridine rings is 1. The maximum absolute atomic E-state index is 13.2. The number of amides is 2. The highest BCUT2D eigenvalue weighted by molar-refractivity contribution is 5.90. The Labute approximate surface area is 184 Å². The van der Waals surface area contributed by atoms with E-state index < -0.39 is 6.04 Å². The minimum Gasteiger partial charge on any atom is -0.378 e. The van der Waals surface area contributed by atoms with Crippen molar-refractivity contribution in [1.29, 1.82) is 0 Å². The Morgan fingerprint density at radius 2 is 1.77 bits per heavy atom. The molecule has 31 heavy (non-hydrogen) atoms. The van der Waals surface area contributed by atoms with E-state index in [-0.39, 0.29) is 17.2 Å². The predicted octanol–water partition coefficient (Wildman–Crippen LogP) is 2.26. The summed E-state index contributed by atoms with van der Waals surface area (Å²) in [6.07, 6.45) is 8.77. The standard InChI is InChI=1S/C24H34N4O3/c1-16(27-23(30)24-11-18-8-19(12-24)10-20(9-18)13-24)22(29)26-15-17-2-3-21(25-14-17)28-4-6-31-7-5-28/h2-3,14,16,18-20H,4-13,15H2,1H3,(H,26,29)(H,27,30)/t16-,18?,19?,20?,24?/m0/s1. The first-order chi connectivity index (χ1) is 15.0. The first-order valence-corrected chi connectivity index (χ1v) is 11.9. The number of nitrogens with one attached hydrogen (secondary N) is 2. The fourth-order valence-electron chi connectivity index (χ4n) is 6.65. The van der Waals surface area contributed by atoms with Crippen LogP contribution in [0.2, 0.25) is 0 Å². The van der Waals surface area contributed by atoms with E-state index in [0.717, 1.165) is 56.9 Å². The van der Waals surface area contributed by atoms with E-state index >= 15 is 0 Å². The van der Waals surface area contributed by atoms with Crippen molar-refractivity contribution in [2.24, 2.45) is 23.2 Å². The van der Waals surface area contributed by atoms with Gasteiger partial charge in [0.1, 0.15) is 11.9 Å². The first-order valence-electron chi connectivity index (χ1n) is 11.9. The quantitative estimate of drug-likeness (QED) is 0.729. The monoisotopic (exact) mass is 426 g/mol. The van der Waals surface area contributed by atoms with Crippen LogP contribution in [0, 0.1) is 23.2 Å². The number of nitrogens with zero attached hydrogens (tertiary/aromatic N) is 2. The molecule has 0 unspecified atom stereocenters. The molecule has 4 bridgehead atoms. The molecule has 0 radical (unpaired) electrons. The molecule has 1 aromatic heterocycles. The molecule has 2 N–H and O–H groups in total. The number of hydrogen-bond acceptors (Lipinski definition) is 5. The molecule has 6 rings (SSSR count). The van der Waals surface area contributed by atoms with Gasteiger partial charge in [0.2, 0.25) is 11.8 Å². The summed E-state index contributed by atoms with van der Waals surface area (Å²) in [6.45, 7) is 5.35. The fraction of sp³-hybridized carbons (Fsp3) is 0.708. The normalized spacial score (nSPS) is 32.5. The molecule has 168 valence electrons. The third-order valence-corrected chi connectivity index (χ3v) is 7.87. The maximum atomic E-state index is 13.2. The highest BCUT2D eigenvalue weighted by Gasteiger charge is 2.54. The smallest absolute Gasteiger partial charge is 0.242 e. The van der Waals surface area contributed by atoms with Crippen molar-refractivity contribution in [3.63, 3.8) is 0 Å². The summed E-state index contributed by atoms with van der Waals surface area (Å²) in [5.74, 6) is 3.05. The number of morpholine rings is 1. The van der Waals surface area contributed by atoms with Gasteiger partial charge in [0.15, 0.2) is 0 Å². The molecule has 5 aliphatic rings. The summed E-state index contributed by atoms with van der Waals surface area (Å²) < 4.78 is 5.38. The Morgan fingerprint density at radius 3 is 2.35 bits per heavy atom. The van der Waals surface area contributed by atoms with Crippen molar-refractivity contribution in [1.82, 2.24) is 15.6 Å². The molecule has 1 atom stereocenters. The van der Waals surface area contributed by atoms with E-state index in [1.807, 2.05) is 18.3 Å². The average Bonchev–Trinajstić information content (AvgIpc) is 2.77. The van der Waals surface area contributed by atoms with Crippen LogP contribution in [-0.2, 0) is 20.9 Å². The number of aromatic nitrogens is 1. The molecule has 1 aliphatic heterocycles. The van der Waals surface area contributed by atoms with Crippen molar-refractivity contribution in [3.05, 3.63) is 23.9 Å². The SMILES string of the molecule is C[C@H](NC(=O)C12CC3CC(CC(C3)C1)C2)C(=O)NCc1ccc(N2CCOCC2)nc1. The molecule has 7 heteroatoms. The van der Waals surface area contributed by atoms with E-state index in [1.54, 1.807) is 6.92 Å². The Kier molecular flexibility index (Phi) is 5.63. The second kappa shape index (κ2) is 8.41. The number of hydrogen-bond donors (Lipinski definition) is 2. The third kappa shape index (κ3) is 4.29. The summed E-state index contributed by atoms with van der Waals surface area (Å²) in [5, 5.41) is 5.99. The number of carbonyl (C=O) groups is 2. The summed E-state index contributed by atoms with van der Waals surface area (Å²) >= 11 is 0. The number of carbonyl (C=O) groups excluding carboxylic acids is 2. The van der Waals surface area contributed by atoms with Crippen LogP contribution in [0.3, 0.4) is 0 Å². The Balaban J connectivity index is 1.12. The number of ether oxygens (including phenoxy) is 1. The van der Waals surface area contributed by atoms with E-state index in [4.69, 9.17) is 4.74 Å². The van der Waals surface area contributed by atoms with Crippen LogP contribution < -0.4 is 15.5 Å². The summed E-state index contributed by atoms with van der Waals surface area (Å²) in [4.78, 5) is 32.5. The summed E-state index contributed by atoms with van der Waals surface area (Å²) in [7, 11) is 0. The van der Waals surface area contributed by atoms with Gasteiger partial charge < -0.3 is 20.3 Å². The third-order valence-electron chi connectivity index (χ3n) is 7.87. The lowest BCUT2D eigenvalue weighted by atomic mass is 9.49. The molecule has 4 aliphatic carbocycles. The maximum Gasteiger partial charge on any atom is 0.242 e. The molecule has 0 aromatic carbocycles. The average molecular weight is 427 g/mol. The Morgan fingerprint density at radius 1 is 1.13 bits per heavy atom. The highest BCUT2D eigenvalue weighted by Crippen LogP contribution is 2.60. The van der Waals surface area contributed by atoms with Gasteiger partial charge in [0, 0.05) is 31.2 Å². The largest absolute Gasteiger partial charge is 0.378 e. The van der Waals surface area contributed by atoms with E-state index in [0.29, 0.717) is 24.3 Å². The van der Waals surface area contributed by atoms with Crippen LogP contribution in [0.15, 0.2) is 18.3 Å². The molecular weight excluding hydrogens is 392 g/mol. The van der Waals surface area contributed by atoms with Gasteiger partial charge in [-0.3, -0.25) is 9.59 Å². The Bertz CT molecular complexity index is 783. The van der Waals surface area contributed by atoms with Crippen molar-refractivity contribution in [2.75, 3.05) is 31.2 Å². The van der Waals surface area contributed by atoms with Crippen molar-refractivity contribution in [3.8, 4) is 0 Å². The number of anilines is 1. The van der Waals surface area contributed by atoms with Crippen LogP contribution >= 0.6 is 0 Å². The van der Waals surface area contributed by atoms with Crippen LogP contribution in [0.4, 0.5) is 5.82 Å². The van der Waals surface area contributed by atoms with Crippen molar-refractivity contribution in [2.45, 2.75) is 58.0 Å². The lowest BCUT2D eigenvalue weighted by Gasteiger charge is -2.55. The first kappa shape index (κ1) is 20.7. The fourth-order valence-corrected chi connectivity index (χ4v) is 6.65. The minimum absolute atomic E-state index is 0.103. The lowest BCUT2D eigenvalue weighted by Crippen LogP contribution is -2.56. The molecule has 1 aromatic rings. The van der Waals surface area contributed by atoms with Crippen LogP contribution in [-0.4, -0.2) is 49.1 Å². The zero-order valence-electron chi connectivity index (χ0n) is 18.4. The van der Waals surface area contributed by atoms with E-state index in [9.17, 15) is 9.59 Å². The predicted molar refractivity (Wildman–Crippen MR) is 117 cm³/mol. The zero-order valence-corrected chi connectivity index (χ0v) is 18.4. The van der Waals surface area contributed by atoms with Gasteiger partial charge in [-0.2, -0.15) is 0 Å². The summed E-state index contributed by atoms with van der Waals surface area (Å²) in [6, 6.07) is 3.46. The summed E-state index contributed by atoms with van der Waals surface area (Å²) in [5.41, 5.74) is 0.729. The molecule has 2 amide bonds. The van der Waals surface area contributed by atoms with E-state index in [2.05, 4.69) is 20.5 Å². The van der Waals surface area contributed by atoms with Gasteiger partial charge in [0.25, 0.3) is 0 Å². The van der Waals surface area contributed by atoms with Crippen molar-refractivity contribution < 1.29 is 14.3 Å². The minimum atomic E-state index is -0.527. The molecule has 5 fully saturated rings. The topological polar surface area (TPSA) is 83.6 Å². The molecule has 0 spiro atoms. The van der Waals surface area contributed by atoms with Gasteiger partial charge in [-0.1, -0.05) is 6.07 Å². The molecule has 7 nitrogen and oxygen atoms in total. The van der Waals surface area contributed by atoms with E-state index in [1.165, 1.54) is 19.3 Å². The second-order valence-corrected chi connectivity index (χ2v) is 10.2. The molecule has 1 saturated heterocycles. The van der Waals surface area contributed by atoms with Crippen LogP contribution in [0.5, 0.6) is 0 Å². The van der Waals surface area contributed by atoms with Crippen LogP contribution in [0.25, 0.3) is 0 Å². The highest BCUT2D eigenvalue weighted by atomic mass is 16.5. The second-order valence-electron chi connectivity index (χ2n) is 10.2. The van der Waals surface area contributed by atoms with Gasteiger partial charge >= 0.3 is 0 Å².